The van der Waals surface area contributed by atoms with Crippen LogP contribution in [0.3, 0.4) is 0 Å². The molecule has 1 atom stereocenters. The zero-order valence-corrected chi connectivity index (χ0v) is 14.5. The Bertz CT molecular complexity index is 534. The summed E-state index contributed by atoms with van der Waals surface area (Å²) >= 11 is 1.31. The van der Waals surface area contributed by atoms with Gasteiger partial charge in [0.1, 0.15) is 4.21 Å². The number of rotatable bonds is 8. The lowest BCUT2D eigenvalue weighted by molar-refractivity contribution is 0.424. The molecule has 0 radical (unpaired) electrons. The Morgan fingerprint density at radius 3 is 2.76 bits per heavy atom. The molecule has 120 valence electrons. The van der Waals surface area contributed by atoms with Crippen LogP contribution in [0.5, 0.6) is 0 Å². The van der Waals surface area contributed by atoms with Crippen molar-refractivity contribution in [2.24, 2.45) is 5.92 Å². The molecular formula is C15H26N2O2S2. The predicted octanol–water partition coefficient (Wildman–Crippen LogP) is 3.10. The summed E-state index contributed by atoms with van der Waals surface area (Å²) in [6.45, 7) is 5.79. The molecule has 0 saturated heterocycles. The molecule has 21 heavy (non-hydrogen) atoms. The van der Waals surface area contributed by atoms with Gasteiger partial charge in [0.15, 0.2) is 0 Å². The van der Waals surface area contributed by atoms with E-state index in [2.05, 4.69) is 17.0 Å². The summed E-state index contributed by atoms with van der Waals surface area (Å²) in [6.07, 6.45) is 5.81. The summed E-state index contributed by atoms with van der Waals surface area (Å²) in [5.41, 5.74) is 1.04. The molecule has 1 heterocycles. The Kier molecular flexibility index (Phi) is 6.22. The molecule has 0 aliphatic heterocycles. The molecule has 0 bridgehead atoms. The van der Waals surface area contributed by atoms with E-state index < -0.39 is 10.0 Å². The van der Waals surface area contributed by atoms with Gasteiger partial charge < -0.3 is 5.32 Å². The van der Waals surface area contributed by atoms with Gasteiger partial charge in [-0.2, -0.15) is 0 Å². The van der Waals surface area contributed by atoms with E-state index in [1.807, 2.05) is 12.3 Å². The summed E-state index contributed by atoms with van der Waals surface area (Å²) < 4.78 is 28.1. The van der Waals surface area contributed by atoms with Gasteiger partial charge in [-0.15, -0.1) is 11.3 Å². The number of nitrogens with one attached hydrogen (secondary N) is 2. The maximum absolute atomic E-state index is 12.4. The van der Waals surface area contributed by atoms with E-state index in [1.165, 1.54) is 24.2 Å². The topological polar surface area (TPSA) is 58.2 Å². The minimum absolute atomic E-state index is 0.0290. The summed E-state index contributed by atoms with van der Waals surface area (Å²) in [6, 6.07) is 1.82. The van der Waals surface area contributed by atoms with Crippen molar-refractivity contribution < 1.29 is 8.42 Å². The third-order valence-electron chi connectivity index (χ3n) is 4.10. The summed E-state index contributed by atoms with van der Waals surface area (Å²) in [5.74, 6) is 0.491. The quantitative estimate of drug-likeness (QED) is 0.720. The fraction of sp³-hybridized carbons (Fsp3) is 0.733. The summed E-state index contributed by atoms with van der Waals surface area (Å²) in [7, 11) is -3.37. The third-order valence-corrected chi connectivity index (χ3v) is 7.15. The van der Waals surface area contributed by atoms with Crippen LogP contribution in [-0.2, 0) is 16.6 Å². The molecule has 0 amide bonds. The number of hydrogen-bond acceptors (Lipinski definition) is 4. The highest BCUT2D eigenvalue weighted by atomic mass is 32.2. The zero-order valence-electron chi connectivity index (χ0n) is 12.9. The highest BCUT2D eigenvalue weighted by Crippen LogP contribution is 2.29. The number of thiophene rings is 1. The van der Waals surface area contributed by atoms with Gasteiger partial charge in [0, 0.05) is 12.6 Å². The normalized spacial score (nSPS) is 18.2. The summed E-state index contributed by atoms with van der Waals surface area (Å²) in [5, 5.41) is 5.22. The molecule has 0 spiro atoms. The lowest BCUT2D eigenvalue weighted by Gasteiger charge is -2.19. The summed E-state index contributed by atoms with van der Waals surface area (Å²) in [4.78, 5) is 0. The lowest BCUT2D eigenvalue weighted by atomic mass is 10.0. The fourth-order valence-electron chi connectivity index (χ4n) is 2.85. The van der Waals surface area contributed by atoms with Crippen LogP contribution in [0.25, 0.3) is 0 Å². The Balaban J connectivity index is 1.95. The Morgan fingerprint density at radius 1 is 1.38 bits per heavy atom. The first-order valence-corrected chi connectivity index (χ1v) is 10.2. The first-order chi connectivity index (χ1) is 10.0. The van der Waals surface area contributed by atoms with Crippen molar-refractivity contribution in [1.82, 2.24) is 10.0 Å². The van der Waals surface area contributed by atoms with Crippen LogP contribution in [0.1, 0.15) is 51.5 Å². The molecule has 1 aromatic rings. The van der Waals surface area contributed by atoms with E-state index in [1.54, 1.807) is 6.07 Å². The second-order valence-corrected chi connectivity index (χ2v) is 8.76. The number of hydrogen-bond donors (Lipinski definition) is 2. The van der Waals surface area contributed by atoms with Gasteiger partial charge in [0.05, 0.1) is 0 Å². The first kappa shape index (κ1) is 16.9. The smallest absolute Gasteiger partial charge is 0.250 e. The molecule has 1 saturated carbocycles. The van der Waals surface area contributed by atoms with Gasteiger partial charge in [-0.25, -0.2) is 13.1 Å². The van der Waals surface area contributed by atoms with E-state index in [9.17, 15) is 8.42 Å². The van der Waals surface area contributed by atoms with E-state index in [0.29, 0.717) is 10.1 Å². The van der Waals surface area contributed by atoms with Crippen molar-refractivity contribution in [3.05, 3.63) is 17.0 Å². The van der Waals surface area contributed by atoms with Crippen LogP contribution in [0.2, 0.25) is 0 Å². The van der Waals surface area contributed by atoms with Crippen LogP contribution >= 0.6 is 11.3 Å². The molecule has 2 N–H and O–H groups in total. The third kappa shape index (κ3) is 4.77. The Hall–Kier alpha value is -0.430. The van der Waals surface area contributed by atoms with Crippen LogP contribution in [0, 0.1) is 5.92 Å². The van der Waals surface area contributed by atoms with Gasteiger partial charge in [-0.3, -0.25) is 0 Å². The molecular weight excluding hydrogens is 304 g/mol. The highest BCUT2D eigenvalue weighted by molar-refractivity contribution is 7.91. The maximum Gasteiger partial charge on any atom is 0.250 e. The molecule has 0 aromatic carbocycles. The zero-order chi connectivity index (χ0) is 15.3. The fourth-order valence-corrected chi connectivity index (χ4v) is 5.39. The van der Waals surface area contributed by atoms with Crippen LogP contribution < -0.4 is 10.0 Å². The average Bonchev–Trinajstić information content (AvgIpc) is 3.10. The standard InChI is InChI=1S/C15H26N2O2S2/c1-3-8-16-10-13-9-15(20-11-13)21(18,19)17-12(2)14-6-4-5-7-14/h9,11-12,14,16-17H,3-8,10H2,1-2H3. The van der Waals surface area contributed by atoms with E-state index >= 15 is 0 Å². The maximum atomic E-state index is 12.4. The van der Waals surface area contributed by atoms with Crippen LogP contribution in [0.15, 0.2) is 15.7 Å². The second kappa shape index (κ2) is 7.72. The molecule has 2 rings (SSSR count). The van der Waals surface area contributed by atoms with Crippen LogP contribution in [0.4, 0.5) is 0 Å². The van der Waals surface area contributed by atoms with Crippen molar-refractivity contribution in [3.63, 3.8) is 0 Å². The minimum atomic E-state index is -3.37. The largest absolute Gasteiger partial charge is 0.313 e. The molecule has 1 aliphatic carbocycles. The molecule has 4 nitrogen and oxygen atoms in total. The first-order valence-electron chi connectivity index (χ1n) is 7.83. The van der Waals surface area contributed by atoms with Gasteiger partial charge in [-0.05, 0) is 55.7 Å². The molecule has 1 aromatic heterocycles. The highest BCUT2D eigenvalue weighted by Gasteiger charge is 2.26. The SMILES string of the molecule is CCCNCc1csc(S(=O)(=O)NC(C)C2CCCC2)c1. The van der Waals surface area contributed by atoms with E-state index in [4.69, 9.17) is 0 Å². The number of sulfonamides is 1. The van der Waals surface area contributed by atoms with E-state index in [-0.39, 0.29) is 6.04 Å². The second-order valence-electron chi connectivity index (χ2n) is 5.91. The van der Waals surface area contributed by atoms with Crippen molar-refractivity contribution in [2.45, 2.75) is 62.7 Å². The average molecular weight is 331 g/mol. The van der Waals surface area contributed by atoms with Gasteiger partial charge in [-0.1, -0.05) is 19.8 Å². The molecule has 1 fully saturated rings. The van der Waals surface area contributed by atoms with Crippen molar-refractivity contribution in [2.75, 3.05) is 6.54 Å². The predicted molar refractivity (Wildman–Crippen MR) is 88.1 cm³/mol. The van der Waals surface area contributed by atoms with Gasteiger partial charge >= 0.3 is 0 Å². The van der Waals surface area contributed by atoms with Crippen molar-refractivity contribution in [3.8, 4) is 0 Å². The van der Waals surface area contributed by atoms with Crippen molar-refractivity contribution in [1.29, 1.82) is 0 Å². The van der Waals surface area contributed by atoms with Crippen molar-refractivity contribution >= 4 is 21.4 Å². The minimum Gasteiger partial charge on any atom is -0.313 e. The lowest BCUT2D eigenvalue weighted by Crippen LogP contribution is -2.36. The molecule has 1 unspecified atom stereocenters. The van der Waals surface area contributed by atoms with Gasteiger partial charge in [0.2, 0.25) is 10.0 Å². The van der Waals surface area contributed by atoms with E-state index in [0.717, 1.165) is 37.9 Å². The molecule has 1 aliphatic rings. The Morgan fingerprint density at radius 2 is 2.10 bits per heavy atom. The molecule has 6 heteroatoms. The monoisotopic (exact) mass is 330 g/mol. The van der Waals surface area contributed by atoms with Gasteiger partial charge in [0.25, 0.3) is 0 Å². The Labute approximate surface area is 132 Å². The van der Waals surface area contributed by atoms with Crippen LogP contribution in [-0.4, -0.2) is 21.0 Å².